The van der Waals surface area contributed by atoms with Crippen molar-refractivity contribution < 1.29 is 4.79 Å². The zero-order valence-electron chi connectivity index (χ0n) is 7.34. The van der Waals surface area contributed by atoms with Crippen LogP contribution in [0.25, 0.3) is 0 Å². The van der Waals surface area contributed by atoms with Crippen molar-refractivity contribution in [2.45, 2.75) is 13.3 Å². The van der Waals surface area contributed by atoms with Gasteiger partial charge >= 0.3 is 0 Å². The first kappa shape index (κ1) is 9.21. The second-order valence-corrected chi connectivity index (χ2v) is 5.39. The van der Waals surface area contributed by atoms with Gasteiger partial charge in [-0.15, -0.1) is 11.3 Å². The third-order valence-electron chi connectivity index (χ3n) is 2.35. The maximum Gasteiger partial charge on any atom is 0.255 e. The third kappa shape index (κ3) is 1.53. The van der Waals surface area contributed by atoms with Crippen molar-refractivity contribution >= 4 is 33.2 Å². The number of nitrogens with zero attached hydrogens (tertiary/aromatic N) is 1. The SMILES string of the molecule is Cc1c(C(=O)N2CCC2)csc1Br. The highest BCUT2D eigenvalue weighted by Gasteiger charge is 2.24. The first-order chi connectivity index (χ1) is 6.20. The van der Waals surface area contributed by atoms with Crippen molar-refractivity contribution in [3.8, 4) is 0 Å². The number of halogens is 1. The van der Waals surface area contributed by atoms with Gasteiger partial charge in [0.25, 0.3) is 5.91 Å². The monoisotopic (exact) mass is 259 g/mol. The van der Waals surface area contributed by atoms with Gasteiger partial charge in [0.2, 0.25) is 0 Å². The molecule has 13 heavy (non-hydrogen) atoms. The number of likely N-dealkylation sites (tertiary alicyclic amines) is 1. The van der Waals surface area contributed by atoms with E-state index in [2.05, 4.69) is 15.9 Å². The van der Waals surface area contributed by atoms with Crippen molar-refractivity contribution in [2.24, 2.45) is 0 Å². The van der Waals surface area contributed by atoms with Crippen LogP contribution in [0.1, 0.15) is 22.3 Å². The molecule has 1 aromatic rings. The highest BCUT2D eigenvalue weighted by atomic mass is 79.9. The van der Waals surface area contributed by atoms with E-state index in [1.807, 2.05) is 17.2 Å². The number of rotatable bonds is 1. The first-order valence-corrected chi connectivity index (χ1v) is 5.90. The molecule has 0 saturated carbocycles. The van der Waals surface area contributed by atoms with Crippen LogP contribution in [0.15, 0.2) is 9.17 Å². The maximum atomic E-state index is 11.8. The molecular weight excluding hydrogens is 250 g/mol. The van der Waals surface area contributed by atoms with Crippen LogP contribution in [0.5, 0.6) is 0 Å². The topological polar surface area (TPSA) is 20.3 Å². The summed E-state index contributed by atoms with van der Waals surface area (Å²) >= 11 is 5.00. The summed E-state index contributed by atoms with van der Waals surface area (Å²) in [6.07, 6.45) is 1.15. The molecule has 1 amide bonds. The van der Waals surface area contributed by atoms with E-state index in [4.69, 9.17) is 0 Å². The van der Waals surface area contributed by atoms with E-state index in [0.29, 0.717) is 0 Å². The molecule has 0 aromatic carbocycles. The van der Waals surface area contributed by atoms with Crippen LogP contribution in [0.3, 0.4) is 0 Å². The number of thiophene rings is 1. The average Bonchev–Trinajstić information content (AvgIpc) is 2.29. The van der Waals surface area contributed by atoms with Gasteiger partial charge < -0.3 is 4.90 Å². The molecule has 0 unspecified atom stereocenters. The Hall–Kier alpha value is -0.350. The van der Waals surface area contributed by atoms with E-state index in [-0.39, 0.29) is 5.91 Å². The van der Waals surface area contributed by atoms with Gasteiger partial charge in [-0.1, -0.05) is 0 Å². The number of carbonyl (C=O) groups excluding carboxylic acids is 1. The lowest BCUT2D eigenvalue weighted by atomic mass is 10.1. The Morgan fingerprint density at radius 3 is 2.69 bits per heavy atom. The first-order valence-electron chi connectivity index (χ1n) is 4.23. The van der Waals surface area contributed by atoms with E-state index in [1.54, 1.807) is 11.3 Å². The van der Waals surface area contributed by atoms with Crippen LogP contribution in [-0.4, -0.2) is 23.9 Å². The summed E-state index contributed by atoms with van der Waals surface area (Å²) in [5, 5.41) is 1.93. The highest BCUT2D eigenvalue weighted by Crippen LogP contribution is 2.28. The molecule has 2 rings (SSSR count). The molecular formula is C9H10BrNOS. The molecule has 1 aromatic heterocycles. The lowest BCUT2D eigenvalue weighted by Gasteiger charge is -2.30. The minimum atomic E-state index is 0.186. The molecule has 2 heterocycles. The zero-order chi connectivity index (χ0) is 9.42. The summed E-state index contributed by atoms with van der Waals surface area (Å²) in [7, 11) is 0. The Bertz CT molecular complexity index is 343. The molecule has 1 saturated heterocycles. The molecule has 0 aliphatic carbocycles. The van der Waals surface area contributed by atoms with Crippen molar-refractivity contribution in [1.82, 2.24) is 4.90 Å². The van der Waals surface area contributed by atoms with Crippen molar-refractivity contribution in [3.05, 3.63) is 20.3 Å². The van der Waals surface area contributed by atoms with E-state index in [1.165, 1.54) is 0 Å². The summed E-state index contributed by atoms with van der Waals surface area (Å²) in [6, 6.07) is 0. The fourth-order valence-corrected chi connectivity index (χ4v) is 2.57. The van der Waals surface area contributed by atoms with E-state index in [0.717, 1.165) is 34.4 Å². The maximum absolute atomic E-state index is 11.8. The van der Waals surface area contributed by atoms with Crippen LogP contribution in [0.4, 0.5) is 0 Å². The largest absolute Gasteiger partial charge is 0.338 e. The fraction of sp³-hybridized carbons (Fsp3) is 0.444. The highest BCUT2D eigenvalue weighted by molar-refractivity contribution is 9.11. The Kier molecular flexibility index (Phi) is 2.43. The van der Waals surface area contributed by atoms with Gasteiger partial charge in [-0.05, 0) is 34.8 Å². The predicted octanol–water partition coefficient (Wildman–Crippen LogP) is 2.66. The molecule has 1 aliphatic heterocycles. The van der Waals surface area contributed by atoms with Crippen LogP contribution in [0, 0.1) is 6.92 Å². The second kappa shape index (κ2) is 3.42. The predicted molar refractivity (Wildman–Crippen MR) is 57.3 cm³/mol. The summed E-state index contributed by atoms with van der Waals surface area (Å²) < 4.78 is 1.07. The lowest BCUT2D eigenvalue weighted by molar-refractivity contribution is 0.0651. The smallest absolute Gasteiger partial charge is 0.255 e. The minimum Gasteiger partial charge on any atom is -0.338 e. The summed E-state index contributed by atoms with van der Waals surface area (Å²) in [5.41, 5.74) is 1.93. The van der Waals surface area contributed by atoms with Crippen molar-refractivity contribution in [3.63, 3.8) is 0 Å². The van der Waals surface area contributed by atoms with Gasteiger partial charge in [-0.3, -0.25) is 4.79 Å². The number of carbonyl (C=O) groups is 1. The van der Waals surface area contributed by atoms with Crippen LogP contribution < -0.4 is 0 Å². The third-order valence-corrected chi connectivity index (χ3v) is 4.37. The van der Waals surface area contributed by atoms with Gasteiger partial charge in [0.05, 0.1) is 9.35 Å². The lowest BCUT2D eigenvalue weighted by Crippen LogP contribution is -2.42. The van der Waals surface area contributed by atoms with E-state index < -0.39 is 0 Å². The quantitative estimate of drug-likeness (QED) is 0.760. The van der Waals surface area contributed by atoms with Crippen LogP contribution in [0.2, 0.25) is 0 Å². The molecule has 0 atom stereocenters. The molecule has 0 spiro atoms. The molecule has 0 N–H and O–H groups in total. The van der Waals surface area contributed by atoms with Gasteiger partial charge in [-0.2, -0.15) is 0 Å². The van der Waals surface area contributed by atoms with Crippen molar-refractivity contribution in [2.75, 3.05) is 13.1 Å². The minimum absolute atomic E-state index is 0.186. The number of hydrogen-bond donors (Lipinski definition) is 0. The Morgan fingerprint density at radius 2 is 2.31 bits per heavy atom. The van der Waals surface area contributed by atoms with Gasteiger partial charge in [0.1, 0.15) is 0 Å². The molecule has 2 nitrogen and oxygen atoms in total. The molecule has 1 aliphatic rings. The molecule has 70 valence electrons. The van der Waals surface area contributed by atoms with Gasteiger partial charge in [0.15, 0.2) is 0 Å². The summed E-state index contributed by atoms with van der Waals surface area (Å²) in [6.45, 7) is 3.82. The Balaban J connectivity index is 2.24. The van der Waals surface area contributed by atoms with Crippen LogP contribution >= 0.6 is 27.3 Å². The van der Waals surface area contributed by atoms with E-state index in [9.17, 15) is 4.79 Å². The molecule has 0 bridgehead atoms. The Morgan fingerprint density at radius 1 is 1.62 bits per heavy atom. The summed E-state index contributed by atoms with van der Waals surface area (Å²) in [5.74, 6) is 0.186. The standard InChI is InChI=1S/C9H10BrNOS/c1-6-7(5-13-8(6)10)9(12)11-3-2-4-11/h5H,2-4H2,1H3. The molecule has 1 fully saturated rings. The number of amides is 1. The molecule has 0 radical (unpaired) electrons. The second-order valence-electron chi connectivity index (χ2n) is 3.19. The van der Waals surface area contributed by atoms with Crippen molar-refractivity contribution in [1.29, 1.82) is 0 Å². The summed E-state index contributed by atoms with van der Waals surface area (Å²) in [4.78, 5) is 13.7. The van der Waals surface area contributed by atoms with Crippen LogP contribution in [-0.2, 0) is 0 Å². The zero-order valence-corrected chi connectivity index (χ0v) is 9.74. The molecule has 4 heteroatoms. The van der Waals surface area contributed by atoms with Gasteiger partial charge in [0, 0.05) is 18.5 Å². The number of hydrogen-bond acceptors (Lipinski definition) is 2. The fourth-order valence-electron chi connectivity index (χ4n) is 1.29. The Labute approximate surface area is 89.7 Å². The van der Waals surface area contributed by atoms with Gasteiger partial charge in [-0.25, -0.2) is 0 Å². The van der Waals surface area contributed by atoms with E-state index >= 15 is 0 Å². The normalized spacial score (nSPS) is 15.7. The average molecular weight is 260 g/mol.